The number of rotatable bonds is 6. The fraction of sp³-hybridized carbons (Fsp3) is 0.375. The highest BCUT2D eigenvalue weighted by molar-refractivity contribution is 5.24. The van der Waals surface area contributed by atoms with Gasteiger partial charge in [-0.1, -0.05) is 24.1 Å². The van der Waals surface area contributed by atoms with Gasteiger partial charge >= 0.3 is 0 Å². The number of aliphatic imine (C=N–C) groups is 1. The maximum atomic E-state index is 12.7. The lowest BCUT2D eigenvalue weighted by Gasteiger charge is -2.16. The third kappa shape index (κ3) is 3.75. The highest BCUT2D eigenvalue weighted by Crippen LogP contribution is 1.97. The molecular weight excluding hydrogens is 157 g/mol. The maximum Gasteiger partial charge on any atom is 0.222 e. The third-order valence-electron chi connectivity index (χ3n) is 1.18. The summed E-state index contributed by atoms with van der Waals surface area (Å²) in [5, 5.41) is 3.03. The van der Waals surface area contributed by atoms with Crippen LogP contribution < -0.4 is 5.32 Å². The second-order valence-electron chi connectivity index (χ2n) is 2.06. The van der Waals surface area contributed by atoms with E-state index in [9.17, 15) is 4.48 Å². The first-order valence-corrected chi connectivity index (χ1v) is 3.69. The van der Waals surface area contributed by atoms with Crippen molar-refractivity contribution in [1.29, 1.82) is 0 Å². The van der Waals surface area contributed by atoms with E-state index in [4.69, 9.17) is 0 Å². The Bertz CT molecular complexity index is 168. The second kappa shape index (κ2) is 6.39. The van der Waals surface area contributed by atoms with Crippen molar-refractivity contribution in [1.82, 2.24) is 10.4 Å². The van der Waals surface area contributed by atoms with Gasteiger partial charge in [-0.2, -0.15) is 5.12 Å². The molecule has 0 aromatic heterocycles. The normalized spacial score (nSPS) is 12.5. The molecule has 1 atom stereocenters. The molecule has 3 nitrogen and oxygen atoms in total. The maximum absolute atomic E-state index is 12.7. The van der Waals surface area contributed by atoms with Gasteiger partial charge < -0.3 is 5.32 Å². The van der Waals surface area contributed by atoms with E-state index in [2.05, 4.69) is 23.6 Å². The van der Waals surface area contributed by atoms with Gasteiger partial charge in [-0.25, -0.2) is 0 Å². The molecule has 0 spiro atoms. The first-order valence-electron chi connectivity index (χ1n) is 3.69. The van der Waals surface area contributed by atoms with Gasteiger partial charge in [-0.15, -0.1) is 0 Å². The average Bonchev–Trinajstić information content (AvgIpc) is 2.11. The molecule has 12 heavy (non-hydrogen) atoms. The molecule has 0 aliphatic carbocycles. The van der Waals surface area contributed by atoms with Crippen LogP contribution in [-0.4, -0.2) is 18.1 Å². The third-order valence-corrected chi connectivity index (χ3v) is 1.18. The van der Waals surface area contributed by atoms with E-state index >= 15 is 0 Å². The van der Waals surface area contributed by atoms with Gasteiger partial charge in [0, 0.05) is 6.20 Å². The Hall–Kier alpha value is -1.32. The molecule has 0 saturated heterocycles. The minimum absolute atomic E-state index is 0.340. The number of hydrogen-bond donors (Lipinski definition) is 1. The van der Waals surface area contributed by atoms with Crippen molar-refractivity contribution in [2.24, 2.45) is 4.99 Å². The summed E-state index contributed by atoms with van der Waals surface area (Å²) >= 11 is 0. The highest BCUT2D eigenvalue weighted by Gasteiger charge is 2.07. The summed E-state index contributed by atoms with van der Waals surface area (Å²) in [4.78, 5) is 3.50. The smallest absolute Gasteiger partial charge is 0.222 e. The van der Waals surface area contributed by atoms with E-state index in [1.165, 1.54) is 0 Å². The summed E-state index contributed by atoms with van der Waals surface area (Å²) < 4.78 is 12.7. The Morgan fingerprint density at radius 3 is 2.83 bits per heavy atom. The summed E-state index contributed by atoms with van der Waals surface area (Å²) in [6.07, 6.45) is 4.62. The molecule has 68 valence electrons. The fourth-order valence-electron chi connectivity index (χ4n) is 0.574. The number of nitrogens with one attached hydrogen (secondary N) is 1. The molecule has 0 heterocycles. The van der Waals surface area contributed by atoms with Crippen molar-refractivity contribution < 1.29 is 4.48 Å². The van der Waals surface area contributed by atoms with E-state index in [0.717, 1.165) is 12.6 Å². The summed E-state index contributed by atoms with van der Waals surface area (Å²) in [6, 6.07) is 0. The Kier molecular flexibility index (Phi) is 5.69. The number of allylic oxidation sites excluding steroid dienone is 1. The average molecular weight is 171 g/mol. The van der Waals surface area contributed by atoms with Crippen molar-refractivity contribution in [2.75, 3.05) is 0 Å². The van der Waals surface area contributed by atoms with E-state index < -0.39 is 6.29 Å². The highest BCUT2D eigenvalue weighted by atomic mass is 19.2. The van der Waals surface area contributed by atoms with E-state index in [-0.39, 0.29) is 0 Å². The van der Waals surface area contributed by atoms with E-state index in [0.29, 0.717) is 5.12 Å². The number of nitrogens with zero attached hydrogens (tertiary/aromatic N) is 2. The zero-order chi connectivity index (χ0) is 9.40. The van der Waals surface area contributed by atoms with Crippen molar-refractivity contribution in [3.8, 4) is 0 Å². The first-order chi connectivity index (χ1) is 5.76. The summed E-state index contributed by atoms with van der Waals surface area (Å²) in [5.41, 5.74) is 0. The lowest BCUT2D eigenvalue weighted by atomic mass is 10.5. The van der Waals surface area contributed by atoms with Crippen molar-refractivity contribution in [2.45, 2.75) is 19.6 Å². The Labute approximate surface area is 72.2 Å². The van der Waals surface area contributed by atoms with Crippen LogP contribution in [0.5, 0.6) is 0 Å². The van der Waals surface area contributed by atoms with Crippen LogP contribution in [0.25, 0.3) is 0 Å². The lowest BCUT2D eigenvalue weighted by Crippen LogP contribution is -2.33. The van der Waals surface area contributed by atoms with Crippen LogP contribution in [0.15, 0.2) is 30.0 Å². The molecule has 0 aliphatic heterocycles. The topological polar surface area (TPSA) is 27.6 Å². The van der Waals surface area contributed by atoms with Crippen LogP contribution >= 0.6 is 0 Å². The molecule has 1 unspecified atom stereocenters. The Balaban J connectivity index is 3.90. The molecule has 0 aromatic carbocycles. The van der Waals surface area contributed by atoms with Crippen LogP contribution in [0.2, 0.25) is 0 Å². The van der Waals surface area contributed by atoms with E-state index in [1.807, 2.05) is 13.0 Å². The van der Waals surface area contributed by atoms with Crippen molar-refractivity contribution >= 4 is 6.72 Å². The molecule has 0 amide bonds. The molecule has 0 bridgehead atoms. The van der Waals surface area contributed by atoms with Gasteiger partial charge in [0.25, 0.3) is 0 Å². The predicted molar refractivity (Wildman–Crippen MR) is 49.0 cm³/mol. The SMILES string of the molecule is C=CN(F)C(N=C)N/C=C/CC. The van der Waals surface area contributed by atoms with Gasteiger partial charge in [0.1, 0.15) is 0 Å². The summed E-state index contributed by atoms with van der Waals surface area (Å²) in [5.74, 6) is 0. The van der Waals surface area contributed by atoms with Crippen molar-refractivity contribution in [3.63, 3.8) is 0 Å². The molecule has 0 saturated carbocycles. The Morgan fingerprint density at radius 2 is 2.42 bits per heavy atom. The minimum Gasteiger partial charge on any atom is -0.352 e. The van der Waals surface area contributed by atoms with Gasteiger partial charge in [-0.3, -0.25) is 4.99 Å². The standard InChI is InChI=1S/C8H14FN3/c1-4-6-7-11-8(10-3)12(9)5-2/h5-8,11H,2-4H2,1H3/b7-6+. The van der Waals surface area contributed by atoms with Gasteiger partial charge in [0.05, 0.1) is 0 Å². The zero-order valence-corrected chi connectivity index (χ0v) is 7.20. The first kappa shape index (κ1) is 10.7. The fourth-order valence-corrected chi connectivity index (χ4v) is 0.574. The number of hydrogen-bond acceptors (Lipinski definition) is 3. The van der Waals surface area contributed by atoms with Crippen LogP contribution in [0.1, 0.15) is 13.3 Å². The molecule has 1 N–H and O–H groups in total. The minimum atomic E-state index is -0.787. The van der Waals surface area contributed by atoms with Gasteiger partial charge in [0.2, 0.25) is 6.29 Å². The lowest BCUT2D eigenvalue weighted by molar-refractivity contribution is 0.0314. The molecule has 4 heteroatoms. The molecule has 0 fully saturated rings. The van der Waals surface area contributed by atoms with Crippen LogP contribution in [-0.2, 0) is 0 Å². The Morgan fingerprint density at radius 1 is 1.75 bits per heavy atom. The quantitative estimate of drug-likeness (QED) is 0.375. The molecule has 0 rings (SSSR count). The van der Waals surface area contributed by atoms with Crippen LogP contribution in [0, 0.1) is 0 Å². The van der Waals surface area contributed by atoms with Gasteiger partial charge in [-0.05, 0) is 19.3 Å². The summed E-state index contributed by atoms with van der Waals surface area (Å²) in [7, 11) is 0. The molecule has 0 aliphatic rings. The molecule has 0 radical (unpaired) electrons. The molecule has 0 aromatic rings. The van der Waals surface area contributed by atoms with Crippen LogP contribution in [0.4, 0.5) is 4.48 Å². The molecular formula is C8H14FN3. The summed E-state index contributed by atoms with van der Waals surface area (Å²) in [6.45, 7) is 8.47. The zero-order valence-electron chi connectivity index (χ0n) is 7.20. The predicted octanol–water partition coefficient (Wildman–Crippen LogP) is 1.81. The second-order valence-corrected chi connectivity index (χ2v) is 2.06. The number of halogens is 1. The van der Waals surface area contributed by atoms with Crippen molar-refractivity contribution in [3.05, 3.63) is 25.1 Å². The van der Waals surface area contributed by atoms with Gasteiger partial charge in [0.15, 0.2) is 0 Å². The largest absolute Gasteiger partial charge is 0.352 e. The monoisotopic (exact) mass is 171 g/mol. The van der Waals surface area contributed by atoms with E-state index in [1.54, 1.807) is 6.20 Å². The van der Waals surface area contributed by atoms with Crippen LogP contribution in [0.3, 0.4) is 0 Å².